The second kappa shape index (κ2) is 11.0. The first-order valence-corrected chi connectivity index (χ1v) is 14.1. The summed E-state index contributed by atoms with van der Waals surface area (Å²) in [6.45, 7) is 7.21. The summed E-state index contributed by atoms with van der Waals surface area (Å²) in [7, 11) is 0. The summed E-state index contributed by atoms with van der Waals surface area (Å²) in [6.07, 6.45) is 0.960. The predicted octanol–water partition coefficient (Wildman–Crippen LogP) is 5.48. The van der Waals surface area contributed by atoms with Crippen molar-refractivity contribution in [3.05, 3.63) is 102 Å². The Hall–Kier alpha value is -4.39. The molecule has 2 atom stereocenters. The van der Waals surface area contributed by atoms with Crippen LogP contribution in [0.3, 0.4) is 0 Å². The fraction of sp³-hybridized carbons (Fsp3) is 0.303. The average molecular weight is 535 g/mol. The van der Waals surface area contributed by atoms with Crippen LogP contribution in [0.15, 0.2) is 84.9 Å². The normalized spacial score (nSPS) is 18.4. The van der Waals surface area contributed by atoms with Gasteiger partial charge in [0.1, 0.15) is 0 Å². The van der Waals surface area contributed by atoms with E-state index >= 15 is 0 Å². The maximum Gasteiger partial charge on any atom is 0.358 e. The number of amides is 1. The molecule has 0 radical (unpaired) electrons. The molecule has 0 spiro atoms. The van der Waals surface area contributed by atoms with E-state index in [1.807, 2.05) is 46.8 Å². The van der Waals surface area contributed by atoms with Gasteiger partial charge in [0.25, 0.3) is 0 Å². The molecule has 0 bridgehead atoms. The second-order valence-electron chi connectivity index (χ2n) is 10.6. The van der Waals surface area contributed by atoms with Crippen LogP contribution in [0.25, 0.3) is 16.9 Å². The highest BCUT2D eigenvalue weighted by Gasteiger charge is 2.46. The minimum atomic E-state index is -0.429. The third-order valence-corrected chi connectivity index (χ3v) is 7.99. The molecule has 2 heterocycles. The Labute approximate surface area is 235 Å². The number of ether oxygens (including phenoxy) is 1. The Morgan fingerprint density at radius 2 is 1.60 bits per heavy atom. The molecule has 7 heteroatoms. The Kier molecular flexibility index (Phi) is 7.11. The van der Waals surface area contributed by atoms with E-state index in [4.69, 9.17) is 4.74 Å². The third kappa shape index (κ3) is 5.11. The largest absolute Gasteiger partial charge is 0.461 e. The highest BCUT2D eigenvalue weighted by atomic mass is 16.5. The average Bonchev–Trinajstić information content (AvgIpc) is 3.68. The zero-order chi connectivity index (χ0) is 27.6. The zero-order valence-electron chi connectivity index (χ0n) is 23.0. The monoisotopic (exact) mass is 534 g/mol. The molecule has 1 saturated heterocycles. The second-order valence-corrected chi connectivity index (χ2v) is 10.6. The number of hydrogen-bond acceptors (Lipinski definition) is 5. The number of esters is 1. The van der Waals surface area contributed by atoms with E-state index in [0.717, 1.165) is 60.8 Å². The van der Waals surface area contributed by atoms with Crippen molar-refractivity contribution in [1.82, 2.24) is 14.7 Å². The molecule has 2 aliphatic rings. The first-order valence-electron chi connectivity index (χ1n) is 14.1. The number of carbonyl (C=O) groups excluding carboxylic acids is 2. The van der Waals surface area contributed by atoms with Gasteiger partial charge >= 0.3 is 5.97 Å². The van der Waals surface area contributed by atoms with Crippen molar-refractivity contribution in [1.29, 1.82) is 0 Å². The van der Waals surface area contributed by atoms with E-state index < -0.39 is 5.97 Å². The molecule has 1 aliphatic heterocycles. The van der Waals surface area contributed by atoms with Gasteiger partial charge in [-0.25, -0.2) is 9.48 Å². The van der Waals surface area contributed by atoms with Gasteiger partial charge in [0.15, 0.2) is 5.69 Å². The highest BCUT2D eigenvalue weighted by molar-refractivity contribution is 5.89. The summed E-state index contributed by atoms with van der Waals surface area (Å²) in [5.74, 6) is 0.370. The summed E-state index contributed by atoms with van der Waals surface area (Å²) in [6, 6.07) is 28.5. The van der Waals surface area contributed by atoms with Crippen LogP contribution < -0.4 is 4.90 Å². The van der Waals surface area contributed by atoms with Gasteiger partial charge in [0.05, 0.1) is 18.0 Å². The molecule has 7 nitrogen and oxygen atoms in total. The van der Waals surface area contributed by atoms with Gasteiger partial charge in [-0.2, -0.15) is 5.10 Å². The number of anilines is 1. The molecule has 3 aromatic carbocycles. The highest BCUT2D eigenvalue weighted by Crippen LogP contribution is 2.48. The molecule has 40 heavy (non-hydrogen) atoms. The first kappa shape index (κ1) is 25.9. The zero-order valence-corrected chi connectivity index (χ0v) is 23.0. The lowest BCUT2D eigenvalue weighted by Gasteiger charge is -2.36. The van der Waals surface area contributed by atoms with Crippen LogP contribution in [0.5, 0.6) is 0 Å². The topological polar surface area (TPSA) is 67.7 Å². The van der Waals surface area contributed by atoms with Crippen molar-refractivity contribution >= 4 is 17.6 Å². The molecule has 0 N–H and O–H groups in total. The van der Waals surface area contributed by atoms with Gasteiger partial charge in [-0.15, -0.1) is 0 Å². The number of nitrogens with zero attached hydrogens (tertiary/aromatic N) is 4. The van der Waals surface area contributed by atoms with Crippen molar-refractivity contribution in [2.45, 2.75) is 26.2 Å². The summed E-state index contributed by atoms with van der Waals surface area (Å²) >= 11 is 0. The number of aromatic nitrogens is 2. The van der Waals surface area contributed by atoms with E-state index in [1.165, 1.54) is 5.56 Å². The van der Waals surface area contributed by atoms with Crippen LogP contribution in [-0.2, 0) is 9.53 Å². The molecule has 1 aromatic heterocycles. The molecule has 2 fully saturated rings. The molecule has 1 amide bonds. The van der Waals surface area contributed by atoms with Gasteiger partial charge in [-0.05, 0) is 61.6 Å². The van der Waals surface area contributed by atoms with Crippen molar-refractivity contribution in [2.75, 3.05) is 37.7 Å². The van der Waals surface area contributed by atoms with Crippen LogP contribution >= 0.6 is 0 Å². The van der Waals surface area contributed by atoms with Gasteiger partial charge in [0, 0.05) is 43.3 Å². The standard InChI is InChI=1S/C33H34N4O3/c1-3-40-33(39)29-22-31(37(34-29)30-12-8-7-9-23(30)2)25-13-15-26(16-14-25)35-17-19-36(20-18-35)32(38)28-21-27(28)24-10-5-4-6-11-24/h4-16,22,27-28H,3,17-21H2,1-2H3/t27-,28+/m0/s1. The molecular formula is C33H34N4O3. The van der Waals surface area contributed by atoms with Crippen molar-refractivity contribution in [2.24, 2.45) is 5.92 Å². The fourth-order valence-corrected chi connectivity index (χ4v) is 5.68. The van der Waals surface area contributed by atoms with Gasteiger partial charge in [-0.3, -0.25) is 4.79 Å². The van der Waals surface area contributed by atoms with Crippen LogP contribution in [0, 0.1) is 12.8 Å². The van der Waals surface area contributed by atoms with Gasteiger partial charge in [-0.1, -0.05) is 60.7 Å². The molecule has 1 saturated carbocycles. The fourth-order valence-electron chi connectivity index (χ4n) is 5.68. The van der Waals surface area contributed by atoms with E-state index in [2.05, 4.69) is 58.5 Å². The van der Waals surface area contributed by atoms with Crippen LogP contribution in [-0.4, -0.2) is 59.3 Å². The number of aryl methyl sites for hydroxylation is 1. The number of benzene rings is 3. The molecule has 204 valence electrons. The Morgan fingerprint density at radius 1 is 0.900 bits per heavy atom. The SMILES string of the molecule is CCOC(=O)c1cc(-c2ccc(N3CCN(C(=O)[C@@H]4C[C@H]4c4ccccc4)CC3)cc2)n(-c2ccccc2C)n1. The van der Waals surface area contributed by atoms with E-state index in [0.29, 0.717) is 18.4 Å². The molecule has 1 aliphatic carbocycles. The smallest absolute Gasteiger partial charge is 0.358 e. The van der Waals surface area contributed by atoms with Crippen LogP contribution in [0.1, 0.15) is 40.9 Å². The maximum absolute atomic E-state index is 13.1. The van der Waals surface area contributed by atoms with Crippen LogP contribution in [0.2, 0.25) is 0 Å². The molecular weight excluding hydrogens is 500 g/mol. The number of para-hydroxylation sites is 1. The van der Waals surface area contributed by atoms with E-state index in [1.54, 1.807) is 13.0 Å². The summed E-state index contributed by atoms with van der Waals surface area (Å²) in [4.78, 5) is 30.0. The van der Waals surface area contributed by atoms with Crippen LogP contribution in [0.4, 0.5) is 5.69 Å². The van der Waals surface area contributed by atoms with Crippen molar-refractivity contribution in [3.8, 4) is 16.9 Å². The molecule has 6 rings (SSSR count). The Balaban J connectivity index is 1.15. The minimum Gasteiger partial charge on any atom is -0.461 e. The maximum atomic E-state index is 13.1. The number of rotatable bonds is 7. The lowest BCUT2D eigenvalue weighted by atomic mass is 10.1. The van der Waals surface area contributed by atoms with E-state index in [9.17, 15) is 9.59 Å². The predicted molar refractivity (Wildman–Crippen MR) is 156 cm³/mol. The first-order chi connectivity index (χ1) is 19.5. The molecule has 0 unspecified atom stereocenters. The Morgan fingerprint density at radius 3 is 2.30 bits per heavy atom. The van der Waals surface area contributed by atoms with Gasteiger partial charge in [0.2, 0.25) is 5.91 Å². The summed E-state index contributed by atoms with van der Waals surface area (Å²) < 4.78 is 7.04. The lowest BCUT2D eigenvalue weighted by Crippen LogP contribution is -2.49. The lowest BCUT2D eigenvalue weighted by molar-refractivity contribution is -0.133. The number of carbonyl (C=O) groups is 2. The quantitative estimate of drug-likeness (QED) is 0.294. The number of hydrogen-bond donors (Lipinski definition) is 0. The number of piperazine rings is 1. The summed E-state index contributed by atoms with van der Waals surface area (Å²) in [5, 5.41) is 4.61. The molecule has 4 aromatic rings. The van der Waals surface area contributed by atoms with E-state index in [-0.39, 0.29) is 11.6 Å². The van der Waals surface area contributed by atoms with Crippen molar-refractivity contribution in [3.63, 3.8) is 0 Å². The Bertz CT molecular complexity index is 1500. The third-order valence-electron chi connectivity index (χ3n) is 7.99. The summed E-state index contributed by atoms with van der Waals surface area (Å²) in [5.41, 5.74) is 6.46. The minimum absolute atomic E-state index is 0.130. The van der Waals surface area contributed by atoms with Crippen molar-refractivity contribution < 1.29 is 14.3 Å². The van der Waals surface area contributed by atoms with Gasteiger partial charge < -0.3 is 14.5 Å².